The van der Waals surface area contributed by atoms with E-state index < -0.39 is 29.8 Å². The number of aromatic nitrogens is 1. The van der Waals surface area contributed by atoms with Crippen molar-refractivity contribution in [1.29, 1.82) is 0 Å². The van der Waals surface area contributed by atoms with Crippen LogP contribution in [0.1, 0.15) is 32.8 Å². The van der Waals surface area contributed by atoms with Crippen molar-refractivity contribution in [1.82, 2.24) is 20.5 Å². The van der Waals surface area contributed by atoms with Crippen molar-refractivity contribution >= 4 is 28.6 Å². The molecule has 3 aromatic carbocycles. The highest BCUT2D eigenvalue weighted by molar-refractivity contribution is 5.99. The van der Waals surface area contributed by atoms with Gasteiger partial charge < -0.3 is 39.5 Å². The molecule has 12 heteroatoms. The lowest BCUT2D eigenvalue weighted by atomic mass is 10.0. The summed E-state index contributed by atoms with van der Waals surface area (Å²) in [6.45, 7) is 0.193. The summed E-state index contributed by atoms with van der Waals surface area (Å²) >= 11 is 0. The predicted molar refractivity (Wildman–Crippen MR) is 158 cm³/mol. The van der Waals surface area contributed by atoms with E-state index in [-0.39, 0.29) is 42.7 Å². The van der Waals surface area contributed by atoms with Crippen LogP contribution in [0.5, 0.6) is 23.0 Å². The molecule has 6 rings (SSSR count). The summed E-state index contributed by atoms with van der Waals surface area (Å²) in [6, 6.07) is 15.5. The predicted octanol–water partition coefficient (Wildman–Crippen LogP) is 3.42. The van der Waals surface area contributed by atoms with Gasteiger partial charge in [0.15, 0.2) is 18.1 Å². The molecule has 11 nitrogen and oxygen atoms in total. The van der Waals surface area contributed by atoms with Crippen LogP contribution in [-0.4, -0.2) is 73.7 Å². The molecule has 1 aromatic heterocycles. The topological polar surface area (TPSA) is 131 Å². The number of hydrogen-bond acceptors (Lipinski definition) is 7. The smallest absolute Gasteiger partial charge is 0.270 e. The standard InChI is InChI=1S/C32H31FN4O7/c1-41-22-4-5-24-20(11-22)12-25(35-24)32(40)37-8-7-27-26(16-37)36-31(39)19-3-6-28(42-2)29(13-19)43-17-30(38)34-15-18-9-21(33)14-23(10-18)44-27/h3-6,9-14,26-27,35H,7-8,15-17H2,1-2H3,(H,34,38)(H,36,39)/t26-,27+/m0/s1. The fraction of sp³-hybridized carbons (Fsp3) is 0.281. The number of methoxy groups -OCH3 is 2. The fourth-order valence-electron chi connectivity index (χ4n) is 5.46. The Labute approximate surface area is 252 Å². The van der Waals surface area contributed by atoms with E-state index in [2.05, 4.69) is 15.6 Å². The van der Waals surface area contributed by atoms with Crippen molar-refractivity contribution in [2.45, 2.75) is 25.1 Å². The highest BCUT2D eigenvalue weighted by Gasteiger charge is 2.35. The van der Waals surface area contributed by atoms with Crippen molar-refractivity contribution < 1.29 is 37.7 Å². The molecule has 44 heavy (non-hydrogen) atoms. The van der Waals surface area contributed by atoms with Crippen molar-refractivity contribution in [3.8, 4) is 23.0 Å². The van der Waals surface area contributed by atoms with E-state index >= 15 is 0 Å². The lowest BCUT2D eigenvalue weighted by Crippen LogP contribution is -2.58. The maximum absolute atomic E-state index is 14.6. The highest BCUT2D eigenvalue weighted by atomic mass is 19.1. The zero-order chi connectivity index (χ0) is 30.8. The van der Waals surface area contributed by atoms with Crippen LogP contribution in [0, 0.1) is 5.82 Å². The zero-order valence-electron chi connectivity index (χ0n) is 24.1. The first-order valence-electron chi connectivity index (χ1n) is 14.1. The molecule has 2 atom stereocenters. The Bertz CT molecular complexity index is 1740. The van der Waals surface area contributed by atoms with E-state index in [9.17, 15) is 18.8 Å². The fourth-order valence-corrected chi connectivity index (χ4v) is 5.46. The molecule has 0 unspecified atom stereocenters. The third-order valence-corrected chi connectivity index (χ3v) is 7.70. The SMILES string of the molecule is COc1ccc2[nH]c(C(=O)N3CC[C@H]4Oc5cc(F)cc(c5)CNC(=O)COc5cc(ccc5OC)C(=O)N[C@H]4C3)cc2c1. The van der Waals surface area contributed by atoms with Gasteiger partial charge in [0.1, 0.15) is 29.1 Å². The van der Waals surface area contributed by atoms with Crippen LogP contribution in [0.2, 0.25) is 0 Å². The normalized spacial score (nSPS) is 18.8. The molecule has 2 aliphatic rings. The number of H-pyrrole nitrogens is 1. The van der Waals surface area contributed by atoms with E-state index in [1.54, 1.807) is 36.3 Å². The number of benzene rings is 3. The molecule has 0 saturated carbocycles. The third-order valence-electron chi connectivity index (χ3n) is 7.70. The quantitative estimate of drug-likeness (QED) is 0.328. The Balaban J connectivity index is 1.30. The summed E-state index contributed by atoms with van der Waals surface area (Å²) < 4.78 is 37.1. The van der Waals surface area contributed by atoms with Crippen molar-refractivity contribution in [2.24, 2.45) is 0 Å². The van der Waals surface area contributed by atoms with Gasteiger partial charge in [0.2, 0.25) is 0 Å². The maximum atomic E-state index is 14.6. The minimum absolute atomic E-state index is 0.0526. The summed E-state index contributed by atoms with van der Waals surface area (Å²) in [6.07, 6.45) is -0.217. The number of hydrogen-bond donors (Lipinski definition) is 3. The number of rotatable bonds is 3. The molecule has 3 amide bonds. The number of piperidine rings is 1. The molecule has 0 radical (unpaired) electrons. The minimum Gasteiger partial charge on any atom is -0.497 e. The Morgan fingerprint density at radius 3 is 2.70 bits per heavy atom. The van der Waals surface area contributed by atoms with Crippen LogP contribution in [0.4, 0.5) is 4.39 Å². The number of nitrogens with one attached hydrogen (secondary N) is 3. The van der Waals surface area contributed by atoms with Gasteiger partial charge in [-0.05, 0) is 60.2 Å². The summed E-state index contributed by atoms with van der Waals surface area (Å²) in [5.41, 5.74) is 1.94. The second-order valence-corrected chi connectivity index (χ2v) is 10.6. The van der Waals surface area contributed by atoms with Gasteiger partial charge in [-0.2, -0.15) is 0 Å². The first-order valence-corrected chi connectivity index (χ1v) is 14.1. The largest absolute Gasteiger partial charge is 0.497 e. The van der Waals surface area contributed by atoms with E-state index in [4.69, 9.17) is 18.9 Å². The first kappa shape index (κ1) is 28.8. The zero-order valence-corrected chi connectivity index (χ0v) is 24.1. The summed E-state index contributed by atoms with van der Waals surface area (Å²) in [4.78, 5) is 44.4. The van der Waals surface area contributed by atoms with Crippen LogP contribution in [0.25, 0.3) is 10.9 Å². The van der Waals surface area contributed by atoms with Crippen molar-refractivity contribution in [3.63, 3.8) is 0 Å². The Hall–Kier alpha value is -5.26. The van der Waals surface area contributed by atoms with Gasteiger partial charge in [-0.1, -0.05) is 0 Å². The van der Waals surface area contributed by atoms with E-state index in [0.717, 1.165) is 10.9 Å². The number of likely N-dealkylation sites (tertiary alicyclic amines) is 1. The molecular weight excluding hydrogens is 571 g/mol. The number of nitrogens with zero attached hydrogens (tertiary/aromatic N) is 1. The van der Waals surface area contributed by atoms with Crippen LogP contribution in [-0.2, 0) is 11.3 Å². The van der Waals surface area contributed by atoms with Gasteiger partial charge in [0.05, 0.1) is 20.3 Å². The molecule has 4 aromatic rings. The second-order valence-electron chi connectivity index (χ2n) is 10.6. The number of ether oxygens (including phenoxy) is 4. The first-order chi connectivity index (χ1) is 21.3. The minimum atomic E-state index is -0.643. The molecule has 1 fully saturated rings. The Morgan fingerprint density at radius 2 is 1.89 bits per heavy atom. The number of carbonyl (C=O) groups excluding carboxylic acids is 3. The average Bonchev–Trinajstić information content (AvgIpc) is 3.46. The van der Waals surface area contributed by atoms with Gasteiger partial charge in [-0.15, -0.1) is 0 Å². The summed E-state index contributed by atoms with van der Waals surface area (Å²) in [7, 11) is 3.03. The highest BCUT2D eigenvalue weighted by Crippen LogP contribution is 2.29. The molecule has 0 spiro atoms. The van der Waals surface area contributed by atoms with Gasteiger partial charge in [0, 0.05) is 48.6 Å². The van der Waals surface area contributed by atoms with E-state index in [1.807, 2.05) is 18.2 Å². The molecule has 3 heterocycles. The Kier molecular flexibility index (Phi) is 7.97. The summed E-state index contributed by atoms with van der Waals surface area (Å²) in [5.74, 6) is -0.172. The average molecular weight is 603 g/mol. The summed E-state index contributed by atoms with van der Waals surface area (Å²) in [5, 5.41) is 6.54. The van der Waals surface area contributed by atoms with Gasteiger partial charge >= 0.3 is 0 Å². The number of aromatic amines is 1. The lowest BCUT2D eigenvalue weighted by Gasteiger charge is -2.38. The van der Waals surface area contributed by atoms with Crippen molar-refractivity contribution in [2.75, 3.05) is 33.9 Å². The number of fused-ring (bicyclic) bond motifs is 6. The maximum Gasteiger partial charge on any atom is 0.270 e. The molecule has 4 bridgehead atoms. The number of amides is 3. The van der Waals surface area contributed by atoms with E-state index in [0.29, 0.717) is 35.7 Å². The second kappa shape index (κ2) is 12.2. The van der Waals surface area contributed by atoms with Crippen molar-refractivity contribution in [3.05, 3.63) is 83.3 Å². The van der Waals surface area contributed by atoms with Crippen LogP contribution < -0.4 is 29.6 Å². The monoisotopic (exact) mass is 602 g/mol. The Morgan fingerprint density at radius 1 is 1.02 bits per heavy atom. The van der Waals surface area contributed by atoms with Gasteiger partial charge in [-0.3, -0.25) is 14.4 Å². The lowest BCUT2D eigenvalue weighted by molar-refractivity contribution is -0.123. The molecule has 228 valence electrons. The van der Waals surface area contributed by atoms with Gasteiger partial charge in [-0.25, -0.2) is 4.39 Å². The molecule has 1 saturated heterocycles. The van der Waals surface area contributed by atoms with E-state index in [1.165, 1.54) is 25.3 Å². The van der Waals surface area contributed by atoms with Crippen LogP contribution >= 0.6 is 0 Å². The molecular formula is C32H31FN4O7. The number of carbonyl (C=O) groups is 3. The molecule has 2 aliphatic heterocycles. The molecule has 0 aliphatic carbocycles. The number of halogens is 1. The third kappa shape index (κ3) is 6.10. The van der Waals surface area contributed by atoms with Crippen LogP contribution in [0.15, 0.2) is 60.7 Å². The molecule has 3 N–H and O–H groups in total. The van der Waals surface area contributed by atoms with Crippen LogP contribution in [0.3, 0.4) is 0 Å². The van der Waals surface area contributed by atoms with Gasteiger partial charge in [0.25, 0.3) is 17.7 Å².